The van der Waals surface area contributed by atoms with Gasteiger partial charge in [0.25, 0.3) is 0 Å². The lowest BCUT2D eigenvalue weighted by molar-refractivity contribution is 0.288. The Bertz CT molecular complexity index is 376. The monoisotopic (exact) mass is 258 g/mol. The Hall–Kier alpha value is -1.07. The van der Waals surface area contributed by atoms with E-state index in [1.54, 1.807) is 0 Å². The van der Waals surface area contributed by atoms with Crippen molar-refractivity contribution in [3.63, 3.8) is 0 Å². The molecule has 1 rings (SSSR count). The highest BCUT2D eigenvalue weighted by atomic mass is 32.1. The second kappa shape index (κ2) is 6.61. The van der Waals surface area contributed by atoms with E-state index in [4.69, 9.17) is 18.0 Å². The van der Waals surface area contributed by atoms with Crippen LogP contribution < -0.4 is 5.73 Å². The first kappa shape index (κ1) is 14.0. The summed E-state index contributed by atoms with van der Waals surface area (Å²) in [6.45, 7) is 3.95. The van der Waals surface area contributed by atoms with Crippen LogP contribution in [0.15, 0.2) is 18.2 Å². The van der Waals surface area contributed by atoms with Crippen LogP contribution in [0.3, 0.4) is 0 Å². The van der Waals surface area contributed by atoms with Gasteiger partial charge in [-0.3, -0.25) is 4.90 Å². The molecule has 1 aromatic carbocycles. The number of nitrogens with zero attached hydrogens (tertiary/aromatic N) is 1. The van der Waals surface area contributed by atoms with Crippen LogP contribution in [0.5, 0.6) is 0 Å². The average Bonchev–Trinajstić information content (AvgIpc) is 2.22. The average molecular weight is 258 g/mol. The molecule has 0 atom stereocenters. The fourth-order valence-corrected chi connectivity index (χ4v) is 1.67. The number of halogens is 2. The van der Waals surface area contributed by atoms with Crippen molar-refractivity contribution in [2.75, 3.05) is 13.1 Å². The Balaban J connectivity index is 2.63. The maximum atomic E-state index is 13.0. The zero-order chi connectivity index (χ0) is 12.8. The number of hydrogen-bond acceptors (Lipinski definition) is 2. The van der Waals surface area contributed by atoms with Crippen molar-refractivity contribution in [3.05, 3.63) is 35.4 Å². The van der Waals surface area contributed by atoms with Gasteiger partial charge < -0.3 is 5.73 Å². The Morgan fingerprint density at radius 1 is 1.29 bits per heavy atom. The van der Waals surface area contributed by atoms with Gasteiger partial charge in [0.05, 0.1) is 4.99 Å². The molecule has 0 heterocycles. The highest BCUT2D eigenvalue weighted by Crippen LogP contribution is 2.10. The van der Waals surface area contributed by atoms with Crippen molar-refractivity contribution < 1.29 is 8.78 Å². The fraction of sp³-hybridized carbons (Fsp3) is 0.417. The molecule has 0 radical (unpaired) electrons. The van der Waals surface area contributed by atoms with E-state index in [1.165, 1.54) is 12.1 Å². The zero-order valence-electron chi connectivity index (χ0n) is 9.75. The van der Waals surface area contributed by atoms with E-state index in [1.807, 2.05) is 11.8 Å². The maximum Gasteiger partial charge on any atom is 0.126 e. The van der Waals surface area contributed by atoms with Crippen LogP contribution >= 0.6 is 12.2 Å². The minimum atomic E-state index is -0.551. The first-order valence-electron chi connectivity index (χ1n) is 5.47. The second-order valence-electron chi connectivity index (χ2n) is 3.86. The van der Waals surface area contributed by atoms with Gasteiger partial charge in [-0.15, -0.1) is 0 Å². The summed E-state index contributed by atoms with van der Waals surface area (Å²) in [6.07, 6.45) is 0.612. The van der Waals surface area contributed by atoms with Gasteiger partial charge in [-0.2, -0.15) is 0 Å². The van der Waals surface area contributed by atoms with Gasteiger partial charge in [-0.25, -0.2) is 8.78 Å². The van der Waals surface area contributed by atoms with Crippen LogP contribution in [-0.4, -0.2) is 23.0 Å². The van der Waals surface area contributed by atoms with Gasteiger partial charge in [0.15, 0.2) is 0 Å². The lowest BCUT2D eigenvalue weighted by Gasteiger charge is -2.20. The molecular formula is C12H16F2N2S. The van der Waals surface area contributed by atoms with Crippen LogP contribution in [0.2, 0.25) is 0 Å². The smallest absolute Gasteiger partial charge is 0.126 e. The highest BCUT2D eigenvalue weighted by Gasteiger charge is 2.06. The fourth-order valence-electron chi connectivity index (χ4n) is 1.58. The van der Waals surface area contributed by atoms with Crippen LogP contribution in [-0.2, 0) is 6.54 Å². The van der Waals surface area contributed by atoms with Crippen LogP contribution in [0.25, 0.3) is 0 Å². The van der Waals surface area contributed by atoms with E-state index >= 15 is 0 Å². The number of hydrogen-bond donors (Lipinski definition) is 1. The van der Waals surface area contributed by atoms with Crippen LogP contribution in [0, 0.1) is 11.6 Å². The molecule has 0 aliphatic heterocycles. The molecule has 0 amide bonds. The molecule has 0 aromatic heterocycles. The second-order valence-corrected chi connectivity index (χ2v) is 4.39. The Morgan fingerprint density at radius 2 is 1.88 bits per heavy atom. The highest BCUT2D eigenvalue weighted by molar-refractivity contribution is 7.80. The third kappa shape index (κ3) is 5.19. The van der Waals surface area contributed by atoms with Gasteiger partial charge >= 0.3 is 0 Å². The normalized spacial score (nSPS) is 10.8. The van der Waals surface area contributed by atoms with E-state index in [0.717, 1.165) is 12.6 Å². The Kier molecular flexibility index (Phi) is 5.44. The standard InChI is InChI=1S/C12H16F2N2S/c1-2-16(4-3-12(15)17)8-9-5-10(13)7-11(14)6-9/h5-7H,2-4,8H2,1H3,(H2,15,17). The molecule has 17 heavy (non-hydrogen) atoms. The first-order chi connectivity index (χ1) is 8.01. The summed E-state index contributed by atoms with van der Waals surface area (Å²) in [4.78, 5) is 2.49. The summed E-state index contributed by atoms with van der Waals surface area (Å²) < 4.78 is 26.0. The van der Waals surface area contributed by atoms with E-state index in [0.29, 0.717) is 30.1 Å². The van der Waals surface area contributed by atoms with Gasteiger partial charge in [0.2, 0.25) is 0 Å². The third-order valence-corrected chi connectivity index (χ3v) is 2.65. The van der Waals surface area contributed by atoms with Crippen molar-refractivity contribution in [2.24, 2.45) is 5.73 Å². The summed E-state index contributed by atoms with van der Waals surface area (Å²) in [5.41, 5.74) is 6.04. The quantitative estimate of drug-likeness (QED) is 0.795. The number of thiocarbonyl (C=S) groups is 1. The number of benzene rings is 1. The molecule has 2 N–H and O–H groups in total. The van der Waals surface area contributed by atoms with Crippen LogP contribution in [0.4, 0.5) is 8.78 Å². The SMILES string of the molecule is CCN(CCC(N)=S)Cc1cc(F)cc(F)c1. The molecule has 0 bridgehead atoms. The molecule has 0 aliphatic carbocycles. The van der Waals surface area contributed by atoms with Gasteiger partial charge in [0.1, 0.15) is 11.6 Å². The van der Waals surface area contributed by atoms with Gasteiger partial charge in [-0.05, 0) is 24.2 Å². The van der Waals surface area contributed by atoms with Crippen molar-refractivity contribution >= 4 is 17.2 Å². The molecular weight excluding hydrogens is 242 g/mol. The molecule has 94 valence electrons. The van der Waals surface area contributed by atoms with Gasteiger partial charge in [0, 0.05) is 25.6 Å². The first-order valence-corrected chi connectivity index (χ1v) is 5.87. The largest absolute Gasteiger partial charge is 0.393 e. The third-order valence-electron chi connectivity index (χ3n) is 2.45. The predicted octanol–water partition coefficient (Wildman–Crippen LogP) is 2.46. The van der Waals surface area contributed by atoms with Gasteiger partial charge in [-0.1, -0.05) is 19.1 Å². The zero-order valence-corrected chi connectivity index (χ0v) is 10.6. The van der Waals surface area contributed by atoms with E-state index in [2.05, 4.69) is 0 Å². The summed E-state index contributed by atoms with van der Waals surface area (Å²) >= 11 is 4.80. The minimum absolute atomic E-state index is 0.453. The lowest BCUT2D eigenvalue weighted by atomic mass is 10.2. The van der Waals surface area contributed by atoms with Crippen LogP contribution in [0.1, 0.15) is 18.9 Å². The van der Waals surface area contributed by atoms with E-state index in [-0.39, 0.29) is 0 Å². The Morgan fingerprint density at radius 3 is 2.35 bits per heavy atom. The summed E-state index contributed by atoms with van der Waals surface area (Å²) in [7, 11) is 0. The molecule has 2 nitrogen and oxygen atoms in total. The van der Waals surface area contributed by atoms with E-state index in [9.17, 15) is 8.78 Å². The maximum absolute atomic E-state index is 13.0. The number of nitrogens with two attached hydrogens (primary N) is 1. The molecule has 0 spiro atoms. The molecule has 0 saturated heterocycles. The van der Waals surface area contributed by atoms with Crippen molar-refractivity contribution in [1.82, 2.24) is 4.90 Å². The molecule has 0 fully saturated rings. The number of rotatable bonds is 6. The summed E-state index contributed by atoms with van der Waals surface area (Å²) in [5, 5.41) is 0. The Labute approximate surface area is 105 Å². The van der Waals surface area contributed by atoms with Crippen molar-refractivity contribution in [1.29, 1.82) is 0 Å². The molecule has 0 unspecified atom stereocenters. The summed E-state index contributed by atoms with van der Waals surface area (Å²) in [5.74, 6) is -1.10. The predicted molar refractivity (Wildman–Crippen MR) is 68.7 cm³/mol. The lowest BCUT2D eigenvalue weighted by Crippen LogP contribution is -2.27. The summed E-state index contributed by atoms with van der Waals surface area (Å²) in [6, 6.07) is 3.55. The topological polar surface area (TPSA) is 29.3 Å². The molecule has 5 heteroatoms. The van der Waals surface area contributed by atoms with Crippen molar-refractivity contribution in [2.45, 2.75) is 19.9 Å². The minimum Gasteiger partial charge on any atom is -0.393 e. The van der Waals surface area contributed by atoms with E-state index < -0.39 is 11.6 Å². The molecule has 0 saturated carbocycles. The molecule has 0 aliphatic rings. The molecule has 1 aromatic rings. The van der Waals surface area contributed by atoms with Crippen molar-refractivity contribution in [3.8, 4) is 0 Å².